The molecule has 126 valence electrons. The lowest BCUT2D eigenvalue weighted by molar-refractivity contribution is -0.119. The van der Waals surface area contributed by atoms with Gasteiger partial charge in [0, 0.05) is 12.1 Å². The maximum Gasteiger partial charge on any atom is 0.226 e. The van der Waals surface area contributed by atoms with E-state index in [1.165, 1.54) is 5.56 Å². The molecular formula is C19H22N2O2S. The number of hydrogen-bond donors (Lipinski definition) is 2. The molecule has 2 N–H and O–H groups in total. The highest BCUT2D eigenvalue weighted by atomic mass is 32.1. The normalized spacial score (nSPS) is 10.1. The van der Waals surface area contributed by atoms with Crippen molar-refractivity contribution in [1.82, 2.24) is 5.32 Å². The SMILES string of the molecule is Cc1ccc(NC(=S)NC(=O)CCCOc2ccccc2)c(C)c1. The Morgan fingerprint density at radius 2 is 1.88 bits per heavy atom. The van der Waals surface area contributed by atoms with Gasteiger partial charge in [0.05, 0.1) is 6.61 Å². The molecule has 0 aliphatic heterocycles. The number of anilines is 1. The molecule has 0 aliphatic rings. The number of ether oxygens (including phenoxy) is 1. The third-order valence-electron chi connectivity index (χ3n) is 3.44. The molecule has 4 nitrogen and oxygen atoms in total. The van der Waals surface area contributed by atoms with Crippen molar-refractivity contribution in [3.8, 4) is 5.75 Å². The molecule has 2 rings (SSSR count). The fourth-order valence-electron chi connectivity index (χ4n) is 2.24. The van der Waals surface area contributed by atoms with Crippen molar-refractivity contribution in [2.75, 3.05) is 11.9 Å². The maximum atomic E-state index is 11.9. The molecule has 0 aliphatic carbocycles. The van der Waals surface area contributed by atoms with E-state index in [9.17, 15) is 4.79 Å². The number of para-hydroxylation sites is 1. The van der Waals surface area contributed by atoms with Crippen LogP contribution in [0.3, 0.4) is 0 Å². The van der Waals surface area contributed by atoms with Crippen LogP contribution in [0.4, 0.5) is 5.69 Å². The molecule has 1 amide bonds. The van der Waals surface area contributed by atoms with Gasteiger partial charge >= 0.3 is 0 Å². The van der Waals surface area contributed by atoms with Crippen LogP contribution in [0.15, 0.2) is 48.5 Å². The number of rotatable bonds is 6. The van der Waals surface area contributed by atoms with Crippen molar-refractivity contribution in [3.05, 3.63) is 59.7 Å². The minimum Gasteiger partial charge on any atom is -0.494 e. The quantitative estimate of drug-likeness (QED) is 0.616. The van der Waals surface area contributed by atoms with E-state index in [2.05, 4.69) is 16.7 Å². The number of aryl methyl sites for hydroxylation is 2. The van der Waals surface area contributed by atoms with Gasteiger partial charge in [0.15, 0.2) is 5.11 Å². The van der Waals surface area contributed by atoms with Gasteiger partial charge in [-0.1, -0.05) is 35.9 Å². The lowest BCUT2D eigenvalue weighted by atomic mass is 10.1. The zero-order valence-electron chi connectivity index (χ0n) is 14.0. The number of amides is 1. The molecule has 5 heteroatoms. The number of nitrogens with one attached hydrogen (secondary N) is 2. The summed E-state index contributed by atoms with van der Waals surface area (Å²) in [5.41, 5.74) is 3.17. The van der Waals surface area contributed by atoms with Crippen molar-refractivity contribution in [2.24, 2.45) is 0 Å². The van der Waals surface area contributed by atoms with Crippen LogP contribution < -0.4 is 15.4 Å². The van der Waals surface area contributed by atoms with E-state index >= 15 is 0 Å². The molecule has 0 unspecified atom stereocenters. The van der Waals surface area contributed by atoms with Crippen LogP contribution in [-0.2, 0) is 4.79 Å². The first-order chi connectivity index (χ1) is 11.5. The Hall–Kier alpha value is -2.40. The summed E-state index contributed by atoms with van der Waals surface area (Å²) in [5.74, 6) is 0.693. The maximum absolute atomic E-state index is 11.9. The van der Waals surface area contributed by atoms with Gasteiger partial charge in [-0.05, 0) is 56.2 Å². The Balaban J connectivity index is 1.69. The standard InChI is InChI=1S/C19H22N2O2S/c1-14-10-11-17(15(2)13-14)20-19(24)21-18(22)9-6-12-23-16-7-4-3-5-8-16/h3-5,7-8,10-11,13H,6,9,12H2,1-2H3,(H2,20,21,22,24). The highest BCUT2D eigenvalue weighted by Gasteiger charge is 2.06. The molecule has 0 heterocycles. The van der Waals surface area contributed by atoms with E-state index in [0.29, 0.717) is 24.6 Å². The number of hydrogen-bond acceptors (Lipinski definition) is 3. The van der Waals surface area contributed by atoms with Crippen molar-refractivity contribution < 1.29 is 9.53 Å². The molecule has 2 aromatic rings. The highest BCUT2D eigenvalue weighted by Crippen LogP contribution is 2.15. The molecule has 0 atom stereocenters. The van der Waals surface area contributed by atoms with Crippen molar-refractivity contribution in [1.29, 1.82) is 0 Å². The van der Waals surface area contributed by atoms with E-state index < -0.39 is 0 Å². The predicted molar refractivity (Wildman–Crippen MR) is 101 cm³/mol. The van der Waals surface area contributed by atoms with Crippen molar-refractivity contribution in [3.63, 3.8) is 0 Å². The van der Waals surface area contributed by atoms with Gasteiger partial charge in [-0.2, -0.15) is 0 Å². The lowest BCUT2D eigenvalue weighted by Crippen LogP contribution is -2.34. The summed E-state index contributed by atoms with van der Waals surface area (Å²) in [4.78, 5) is 11.9. The molecule has 0 saturated carbocycles. The van der Waals surface area contributed by atoms with Crippen LogP contribution in [0.25, 0.3) is 0 Å². The first kappa shape index (κ1) is 17.9. The fraction of sp³-hybridized carbons (Fsp3) is 0.263. The summed E-state index contributed by atoms with van der Waals surface area (Å²) in [5, 5.41) is 6.06. The Morgan fingerprint density at radius 3 is 2.58 bits per heavy atom. The van der Waals surface area contributed by atoms with Gasteiger partial charge in [0.25, 0.3) is 0 Å². The largest absolute Gasteiger partial charge is 0.494 e. The third kappa shape index (κ3) is 6.01. The zero-order chi connectivity index (χ0) is 17.4. The topological polar surface area (TPSA) is 50.4 Å². The lowest BCUT2D eigenvalue weighted by Gasteiger charge is -2.12. The van der Waals surface area contributed by atoms with Gasteiger partial charge < -0.3 is 15.4 Å². The Kier molecular flexibility index (Phi) is 6.75. The van der Waals surface area contributed by atoms with Crippen molar-refractivity contribution in [2.45, 2.75) is 26.7 Å². The second-order valence-corrected chi connectivity index (χ2v) is 5.99. The number of carbonyl (C=O) groups excluding carboxylic acids is 1. The summed E-state index contributed by atoms with van der Waals surface area (Å²) < 4.78 is 5.56. The average Bonchev–Trinajstić information content (AvgIpc) is 2.55. The predicted octanol–water partition coefficient (Wildman–Crippen LogP) is 3.98. The smallest absolute Gasteiger partial charge is 0.226 e. The third-order valence-corrected chi connectivity index (χ3v) is 3.65. The van der Waals surface area contributed by atoms with Gasteiger partial charge in [0.2, 0.25) is 5.91 Å². The summed E-state index contributed by atoms with van der Waals surface area (Å²) >= 11 is 5.19. The van der Waals surface area contributed by atoms with E-state index in [1.54, 1.807) is 0 Å². The number of benzene rings is 2. The van der Waals surface area contributed by atoms with Crippen LogP contribution in [0.1, 0.15) is 24.0 Å². The van der Waals surface area contributed by atoms with Crippen LogP contribution in [-0.4, -0.2) is 17.6 Å². The first-order valence-corrected chi connectivity index (χ1v) is 8.31. The van der Waals surface area contributed by atoms with E-state index in [1.807, 2.05) is 56.3 Å². The highest BCUT2D eigenvalue weighted by molar-refractivity contribution is 7.80. The minimum atomic E-state index is -0.117. The summed E-state index contributed by atoms with van der Waals surface area (Å²) in [7, 11) is 0. The summed E-state index contributed by atoms with van der Waals surface area (Å²) in [6.07, 6.45) is 0.994. The molecule has 0 aromatic heterocycles. The molecule has 0 radical (unpaired) electrons. The fourth-order valence-corrected chi connectivity index (χ4v) is 2.46. The van der Waals surface area contributed by atoms with Gasteiger partial charge in [-0.3, -0.25) is 4.79 Å². The van der Waals surface area contributed by atoms with Gasteiger partial charge in [-0.15, -0.1) is 0 Å². The molecule has 0 spiro atoms. The zero-order valence-corrected chi connectivity index (χ0v) is 14.8. The van der Waals surface area contributed by atoms with Gasteiger partial charge in [0.1, 0.15) is 5.75 Å². The van der Waals surface area contributed by atoms with E-state index in [-0.39, 0.29) is 5.91 Å². The molecule has 2 aromatic carbocycles. The van der Waals surface area contributed by atoms with Crippen LogP contribution >= 0.6 is 12.2 Å². The monoisotopic (exact) mass is 342 g/mol. The van der Waals surface area contributed by atoms with Crippen LogP contribution in [0, 0.1) is 13.8 Å². The van der Waals surface area contributed by atoms with E-state index in [0.717, 1.165) is 17.0 Å². The first-order valence-electron chi connectivity index (χ1n) is 7.90. The molecule has 0 bridgehead atoms. The number of thiocarbonyl (C=S) groups is 1. The summed E-state index contributed by atoms with van der Waals surface area (Å²) in [6.45, 7) is 4.53. The molecule has 0 fully saturated rings. The molecule has 0 saturated heterocycles. The van der Waals surface area contributed by atoms with E-state index in [4.69, 9.17) is 17.0 Å². The Morgan fingerprint density at radius 1 is 1.12 bits per heavy atom. The Labute approximate surface area is 148 Å². The van der Waals surface area contributed by atoms with Crippen LogP contribution in [0.5, 0.6) is 5.75 Å². The van der Waals surface area contributed by atoms with Gasteiger partial charge in [-0.25, -0.2) is 0 Å². The van der Waals surface area contributed by atoms with Crippen LogP contribution in [0.2, 0.25) is 0 Å². The second-order valence-electron chi connectivity index (χ2n) is 5.59. The average molecular weight is 342 g/mol. The molecule has 24 heavy (non-hydrogen) atoms. The minimum absolute atomic E-state index is 0.117. The Bertz CT molecular complexity index is 702. The molecular weight excluding hydrogens is 320 g/mol. The summed E-state index contributed by atoms with van der Waals surface area (Å²) in [6, 6.07) is 15.6. The second kappa shape index (κ2) is 9.03. The van der Waals surface area contributed by atoms with Crippen molar-refractivity contribution >= 4 is 28.9 Å². The number of carbonyl (C=O) groups is 1.